The van der Waals surface area contributed by atoms with Crippen LogP contribution in [0.2, 0.25) is 0 Å². The number of carbonyl (C=O) groups is 1. The van der Waals surface area contributed by atoms with Crippen LogP contribution < -0.4 is 5.32 Å². The maximum atomic E-state index is 12.5. The van der Waals surface area contributed by atoms with E-state index in [0.29, 0.717) is 0 Å². The normalized spacial score (nSPS) is 29.2. The van der Waals surface area contributed by atoms with Crippen LogP contribution in [0, 0.1) is 0 Å². The molecule has 0 saturated heterocycles. The van der Waals surface area contributed by atoms with Gasteiger partial charge in [0.25, 0.3) is 0 Å². The molecule has 18 heavy (non-hydrogen) atoms. The monoisotopic (exact) mass is 269 g/mol. The minimum Gasteiger partial charge on any atom is -0.444 e. The number of alkyl carbamates (subject to hydrolysis) is 1. The van der Waals surface area contributed by atoms with E-state index in [1.54, 1.807) is 20.8 Å². The van der Waals surface area contributed by atoms with Crippen molar-refractivity contribution in [3.05, 3.63) is 0 Å². The van der Waals surface area contributed by atoms with Crippen LogP contribution in [-0.4, -0.2) is 34.6 Å². The molecule has 1 saturated carbocycles. The first-order chi connectivity index (χ1) is 7.93. The molecule has 1 aliphatic carbocycles. The number of aliphatic hydroxyl groups is 1. The molecule has 1 amide bonds. The van der Waals surface area contributed by atoms with Crippen molar-refractivity contribution >= 4 is 6.09 Å². The number of ether oxygens (including phenoxy) is 1. The van der Waals surface area contributed by atoms with E-state index in [-0.39, 0.29) is 6.42 Å². The Morgan fingerprint density at radius 3 is 2.33 bits per heavy atom. The Morgan fingerprint density at radius 1 is 1.39 bits per heavy atom. The van der Waals surface area contributed by atoms with Gasteiger partial charge < -0.3 is 15.2 Å². The lowest BCUT2D eigenvalue weighted by Gasteiger charge is -2.26. The highest BCUT2D eigenvalue weighted by Crippen LogP contribution is 2.42. The first-order valence-electron chi connectivity index (χ1n) is 5.72. The lowest BCUT2D eigenvalue weighted by Crippen LogP contribution is -2.45. The van der Waals surface area contributed by atoms with Gasteiger partial charge in [0, 0.05) is 12.5 Å². The molecule has 0 aliphatic heterocycles. The van der Waals surface area contributed by atoms with Gasteiger partial charge in [0.05, 0.1) is 0 Å². The SMILES string of the molecule is CC(C)(C)OC(=O)N[C@@H]1CC[C@@](O)(C(F)(F)F)C1. The van der Waals surface area contributed by atoms with Crippen molar-refractivity contribution in [3.63, 3.8) is 0 Å². The highest BCUT2D eigenvalue weighted by atomic mass is 19.4. The molecule has 106 valence electrons. The van der Waals surface area contributed by atoms with Gasteiger partial charge in [0.2, 0.25) is 0 Å². The van der Waals surface area contributed by atoms with Crippen LogP contribution in [0.3, 0.4) is 0 Å². The fraction of sp³-hybridized carbons (Fsp3) is 0.909. The molecule has 0 aromatic rings. The van der Waals surface area contributed by atoms with Crippen molar-refractivity contribution in [1.82, 2.24) is 5.32 Å². The fourth-order valence-electron chi connectivity index (χ4n) is 1.88. The Labute approximate surface area is 103 Å². The van der Waals surface area contributed by atoms with Crippen molar-refractivity contribution in [3.8, 4) is 0 Å². The second-order valence-corrected chi connectivity index (χ2v) is 5.62. The minimum atomic E-state index is -4.67. The maximum Gasteiger partial charge on any atom is 0.417 e. The molecule has 0 radical (unpaired) electrons. The lowest BCUT2D eigenvalue weighted by atomic mass is 10.0. The summed E-state index contributed by atoms with van der Waals surface area (Å²) < 4.78 is 42.5. The molecule has 4 nitrogen and oxygen atoms in total. The summed E-state index contributed by atoms with van der Waals surface area (Å²) >= 11 is 0. The second-order valence-electron chi connectivity index (χ2n) is 5.62. The molecule has 2 atom stereocenters. The average Bonchev–Trinajstić information content (AvgIpc) is 2.43. The second kappa shape index (κ2) is 4.60. The minimum absolute atomic E-state index is 0.0786. The first kappa shape index (κ1) is 15.1. The van der Waals surface area contributed by atoms with Crippen molar-refractivity contribution in [1.29, 1.82) is 0 Å². The van der Waals surface area contributed by atoms with Crippen molar-refractivity contribution < 1.29 is 27.8 Å². The molecule has 0 heterocycles. The third-order valence-corrected chi connectivity index (χ3v) is 2.74. The number of nitrogens with one attached hydrogen (secondary N) is 1. The van der Waals surface area contributed by atoms with Crippen molar-refractivity contribution in [2.24, 2.45) is 0 Å². The molecule has 7 heteroatoms. The van der Waals surface area contributed by atoms with Crippen LogP contribution in [0.15, 0.2) is 0 Å². The van der Waals surface area contributed by atoms with E-state index in [2.05, 4.69) is 5.32 Å². The van der Waals surface area contributed by atoms with Gasteiger partial charge in [-0.25, -0.2) is 4.79 Å². The molecule has 0 spiro atoms. The molecule has 0 aromatic heterocycles. The quantitative estimate of drug-likeness (QED) is 0.768. The van der Waals surface area contributed by atoms with E-state index in [0.717, 1.165) is 0 Å². The van der Waals surface area contributed by atoms with Crippen molar-refractivity contribution in [2.75, 3.05) is 0 Å². The summed E-state index contributed by atoms with van der Waals surface area (Å²) in [4.78, 5) is 11.4. The number of hydrogen-bond acceptors (Lipinski definition) is 3. The Morgan fingerprint density at radius 2 is 1.94 bits per heavy atom. The van der Waals surface area contributed by atoms with Gasteiger partial charge in [-0.1, -0.05) is 0 Å². The molecular formula is C11H18F3NO3. The van der Waals surface area contributed by atoms with Gasteiger partial charge in [-0.2, -0.15) is 13.2 Å². The Kier molecular flexibility index (Phi) is 3.86. The first-order valence-corrected chi connectivity index (χ1v) is 5.72. The summed E-state index contributed by atoms with van der Waals surface area (Å²) in [7, 11) is 0. The predicted molar refractivity (Wildman–Crippen MR) is 58.0 cm³/mol. The Hall–Kier alpha value is -0.980. The number of carbonyl (C=O) groups excluding carboxylic acids is 1. The lowest BCUT2D eigenvalue weighted by molar-refractivity contribution is -0.257. The van der Waals surface area contributed by atoms with E-state index >= 15 is 0 Å². The van der Waals surface area contributed by atoms with Gasteiger partial charge in [-0.3, -0.25) is 0 Å². The Balaban J connectivity index is 2.51. The van der Waals surface area contributed by atoms with Crippen molar-refractivity contribution in [2.45, 2.75) is 63.5 Å². The summed E-state index contributed by atoms with van der Waals surface area (Å²) in [5.41, 5.74) is -3.41. The largest absolute Gasteiger partial charge is 0.444 e. The molecule has 1 aliphatic rings. The number of amides is 1. The Bertz CT molecular complexity index is 324. The zero-order valence-electron chi connectivity index (χ0n) is 10.6. The third kappa shape index (κ3) is 3.76. The number of hydrogen-bond donors (Lipinski definition) is 2. The zero-order valence-corrected chi connectivity index (χ0v) is 10.6. The van der Waals surface area contributed by atoms with Crippen LogP contribution in [0.5, 0.6) is 0 Å². The van der Waals surface area contributed by atoms with Gasteiger partial charge in [0.1, 0.15) is 5.60 Å². The van der Waals surface area contributed by atoms with E-state index in [9.17, 15) is 23.1 Å². The highest BCUT2D eigenvalue weighted by molar-refractivity contribution is 5.68. The standard InChI is InChI=1S/C11H18F3NO3/c1-9(2,3)18-8(16)15-7-4-5-10(17,6-7)11(12,13)14/h7,17H,4-6H2,1-3H3,(H,15,16)/t7-,10+/m1/s1. The summed E-state index contributed by atoms with van der Waals surface area (Å²) in [5, 5.41) is 11.8. The zero-order chi connectivity index (χ0) is 14.2. The fourth-order valence-corrected chi connectivity index (χ4v) is 1.88. The van der Waals surface area contributed by atoms with Crippen LogP contribution in [0.4, 0.5) is 18.0 Å². The van der Waals surface area contributed by atoms with E-state index in [1.807, 2.05) is 0 Å². The molecule has 0 unspecified atom stereocenters. The predicted octanol–water partition coefficient (Wildman–Crippen LogP) is 2.36. The summed E-state index contributed by atoms with van der Waals surface area (Å²) in [5.74, 6) is 0. The van der Waals surface area contributed by atoms with Gasteiger partial charge in [-0.05, 0) is 33.6 Å². The molecule has 0 aromatic carbocycles. The molecule has 2 N–H and O–H groups in total. The molecular weight excluding hydrogens is 251 g/mol. The van der Waals surface area contributed by atoms with E-state index in [4.69, 9.17) is 4.74 Å². The van der Waals surface area contributed by atoms with Crippen LogP contribution >= 0.6 is 0 Å². The highest BCUT2D eigenvalue weighted by Gasteiger charge is 2.57. The smallest absolute Gasteiger partial charge is 0.417 e. The average molecular weight is 269 g/mol. The van der Waals surface area contributed by atoms with Gasteiger partial charge in [-0.15, -0.1) is 0 Å². The number of halogens is 3. The topological polar surface area (TPSA) is 58.6 Å². The summed E-state index contributed by atoms with van der Waals surface area (Å²) in [6.45, 7) is 4.98. The van der Waals surface area contributed by atoms with E-state index in [1.165, 1.54) is 0 Å². The molecule has 1 fully saturated rings. The van der Waals surface area contributed by atoms with Gasteiger partial charge >= 0.3 is 12.3 Å². The molecule has 1 rings (SSSR count). The van der Waals surface area contributed by atoms with Gasteiger partial charge in [0.15, 0.2) is 5.60 Å². The number of rotatable bonds is 1. The third-order valence-electron chi connectivity index (χ3n) is 2.74. The van der Waals surface area contributed by atoms with E-state index < -0.39 is 42.4 Å². The maximum absolute atomic E-state index is 12.5. The summed E-state index contributed by atoms with van der Waals surface area (Å²) in [6, 6.07) is -0.716. The van der Waals surface area contributed by atoms with Crippen LogP contribution in [0.1, 0.15) is 40.0 Å². The van der Waals surface area contributed by atoms with Crippen LogP contribution in [0.25, 0.3) is 0 Å². The number of alkyl halides is 3. The summed E-state index contributed by atoms with van der Waals surface area (Å²) in [6.07, 6.45) is -6.29. The molecule has 0 bridgehead atoms. The van der Waals surface area contributed by atoms with Crippen LogP contribution in [-0.2, 0) is 4.74 Å².